The molecule has 0 heterocycles. The SMILES string of the molecule is CC(C)Oc1ccc(CC(=O)c2ccccc2)cc1. The van der Waals surface area contributed by atoms with E-state index in [1.165, 1.54) is 0 Å². The number of carbonyl (C=O) groups is 1. The zero-order valence-corrected chi connectivity index (χ0v) is 11.3. The predicted molar refractivity (Wildman–Crippen MR) is 76.7 cm³/mol. The second-order valence-electron chi connectivity index (χ2n) is 4.78. The number of ketones is 1. The Bertz CT molecular complexity index is 527. The molecule has 98 valence electrons. The number of hydrogen-bond donors (Lipinski definition) is 0. The highest BCUT2D eigenvalue weighted by atomic mass is 16.5. The summed E-state index contributed by atoms with van der Waals surface area (Å²) in [4.78, 5) is 12.0. The normalized spacial score (nSPS) is 10.5. The predicted octanol–water partition coefficient (Wildman–Crippen LogP) is 3.90. The van der Waals surface area contributed by atoms with Crippen molar-refractivity contribution in [1.29, 1.82) is 0 Å². The smallest absolute Gasteiger partial charge is 0.167 e. The van der Waals surface area contributed by atoms with E-state index in [9.17, 15) is 4.79 Å². The minimum Gasteiger partial charge on any atom is -0.491 e. The first-order chi connectivity index (χ1) is 9.15. The molecule has 2 nitrogen and oxygen atoms in total. The molecule has 0 saturated heterocycles. The van der Waals surface area contributed by atoms with Crippen LogP contribution in [0.25, 0.3) is 0 Å². The number of hydrogen-bond acceptors (Lipinski definition) is 2. The second-order valence-corrected chi connectivity index (χ2v) is 4.78. The van der Waals surface area contributed by atoms with Gasteiger partial charge in [-0.05, 0) is 31.5 Å². The fourth-order valence-electron chi connectivity index (χ4n) is 1.87. The van der Waals surface area contributed by atoms with Gasteiger partial charge in [-0.3, -0.25) is 4.79 Å². The van der Waals surface area contributed by atoms with Gasteiger partial charge in [0.25, 0.3) is 0 Å². The molecule has 0 unspecified atom stereocenters. The average Bonchev–Trinajstić information content (AvgIpc) is 2.41. The van der Waals surface area contributed by atoms with Crippen LogP contribution in [0.1, 0.15) is 29.8 Å². The van der Waals surface area contributed by atoms with Crippen LogP contribution in [0.4, 0.5) is 0 Å². The van der Waals surface area contributed by atoms with Gasteiger partial charge >= 0.3 is 0 Å². The van der Waals surface area contributed by atoms with Crippen molar-refractivity contribution in [1.82, 2.24) is 0 Å². The van der Waals surface area contributed by atoms with Gasteiger partial charge in [-0.25, -0.2) is 0 Å². The molecule has 0 bridgehead atoms. The average molecular weight is 254 g/mol. The zero-order chi connectivity index (χ0) is 13.7. The summed E-state index contributed by atoms with van der Waals surface area (Å²) >= 11 is 0. The number of benzene rings is 2. The molecule has 2 heteroatoms. The van der Waals surface area contributed by atoms with Crippen LogP contribution in [0.2, 0.25) is 0 Å². The summed E-state index contributed by atoms with van der Waals surface area (Å²) in [6.07, 6.45) is 0.586. The van der Waals surface area contributed by atoms with E-state index in [4.69, 9.17) is 4.74 Å². The summed E-state index contributed by atoms with van der Waals surface area (Å²) in [5, 5.41) is 0. The minimum atomic E-state index is 0.137. The largest absolute Gasteiger partial charge is 0.491 e. The fraction of sp³-hybridized carbons (Fsp3) is 0.235. The Morgan fingerprint density at radius 1 is 1.00 bits per heavy atom. The first-order valence-electron chi connectivity index (χ1n) is 6.49. The van der Waals surface area contributed by atoms with Crippen molar-refractivity contribution in [3.63, 3.8) is 0 Å². The van der Waals surface area contributed by atoms with Gasteiger partial charge in [0, 0.05) is 12.0 Å². The van der Waals surface area contributed by atoms with Gasteiger partial charge in [0.2, 0.25) is 0 Å². The van der Waals surface area contributed by atoms with Gasteiger partial charge in [-0.1, -0.05) is 42.5 Å². The van der Waals surface area contributed by atoms with Gasteiger partial charge in [0.05, 0.1) is 6.10 Å². The van der Waals surface area contributed by atoms with E-state index in [-0.39, 0.29) is 11.9 Å². The van der Waals surface area contributed by atoms with Crippen molar-refractivity contribution < 1.29 is 9.53 Å². The molecule has 0 radical (unpaired) electrons. The molecular formula is C17H18O2. The molecule has 0 aliphatic heterocycles. The van der Waals surface area contributed by atoms with Gasteiger partial charge in [-0.2, -0.15) is 0 Å². The second kappa shape index (κ2) is 6.19. The minimum absolute atomic E-state index is 0.137. The Morgan fingerprint density at radius 2 is 1.63 bits per heavy atom. The summed E-state index contributed by atoms with van der Waals surface area (Å²) in [6.45, 7) is 3.99. The summed E-state index contributed by atoms with van der Waals surface area (Å²) < 4.78 is 5.57. The molecule has 0 aromatic heterocycles. The van der Waals surface area contributed by atoms with Crippen LogP contribution in [0, 0.1) is 0 Å². The van der Waals surface area contributed by atoms with E-state index in [0.717, 1.165) is 16.9 Å². The third-order valence-corrected chi connectivity index (χ3v) is 2.76. The lowest BCUT2D eigenvalue weighted by Crippen LogP contribution is -2.06. The molecule has 0 aliphatic carbocycles. The van der Waals surface area contributed by atoms with Crippen LogP contribution in [0.15, 0.2) is 54.6 Å². The molecule has 0 aliphatic rings. The third-order valence-electron chi connectivity index (χ3n) is 2.76. The molecule has 19 heavy (non-hydrogen) atoms. The van der Waals surface area contributed by atoms with E-state index >= 15 is 0 Å². The third kappa shape index (κ3) is 3.95. The number of ether oxygens (including phenoxy) is 1. The maximum atomic E-state index is 12.0. The van der Waals surface area contributed by atoms with Gasteiger partial charge in [0.15, 0.2) is 5.78 Å². The van der Waals surface area contributed by atoms with Gasteiger partial charge in [0.1, 0.15) is 5.75 Å². The van der Waals surface area contributed by atoms with Gasteiger partial charge < -0.3 is 4.74 Å². The standard InChI is InChI=1S/C17H18O2/c1-13(2)19-16-10-8-14(9-11-16)12-17(18)15-6-4-3-5-7-15/h3-11,13H,12H2,1-2H3. The number of rotatable bonds is 5. The quantitative estimate of drug-likeness (QED) is 0.756. The Morgan fingerprint density at radius 3 is 2.21 bits per heavy atom. The van der Waals surface area contributed by atoms with Gasteiger partial charge in [-0.15, -0.1) is 0 Å². The lowest BCUT2D eigenvalue weighted by atomic mass is 10.0. The van der Waals surface area contributed by atoms with Crippen molar-refractivity contribution in [2.24, 2.45) is 0 Å². The number of Topliss-reactive ketones (excluding diaryl/α,β-unsaturated/α-hetero) is 1. The van der Waals surface area contributed by atoms with Crippen molar-refractivity contribution in [2.45, 2.75) is 26.4 Å². The highest BCUT2D eigenvalue weighted by molar-refractivity contribution is 5.97. The highest BCUT2D eigenvalue weighted by Gasteiger charge is 2.06. The Labute approximate surface area is 114 Å². The molecule has 0 N–H and O–H groups in total. The van der Waals surface area contributed by atoms with E-state index in [1.54, 1.807) is 0 Å². The molecule has 0 saturated carbocycles. The molecule has 0 amide bonds. The van der Waals surface area contributed by atoms with Crippen LogP contribution < -0.4 is 4.74 Å². The monoisotopic (exact) mass is 254 g/mol. The molecule has 2 rings (SSSR count). The van der Waals surface area contributed by atoms with Crippen LogP contribution in [-0.2, 0) is 6.42 Å². The Hall–Kier alpha value is -2.09. The number of carbonyl (C=O) groups excluding carboxylic acids is 1. The zero-order valence-electron chi connectivity index (χ0n) is 11.3. The Balaban J connectivity index is 2.02. The van der Waals surface area contributed by atoms with Crippen molar-refractivity contribution in [3.8, 4) is 5.75 Å². The lowest BCUT2D eigenvalue weighted by Gasteiger charge is -2.09. The summed E-state index contributed by atoms with van der Waals surface area (Å²) in [7, 11) is 0. The molecule has 0 atom stereocenters. The topological polar surface area (TPSA) is 26.3 Å². The van der Waals surface area contributed by atoms with Crippen LogP contribution in [-0.4, -0.2) is 11.9 Å². The molecule has 0 spiro atoms. The molecule has 2 aromatic carbocycles. The van der Waals surface area contributed by atoms with Crippen molar-refractivity contribution in [2.75, 3.05) is 0 Å². The van der Waals surface area contributed by atoms with E-state index < -0.39 is 0 Å². The Kier molecular flexibility index (Phi) is 4.35. The maximum Gasteiger partial charge on any atom is 0.167 e. The van der Waals surface area contributed by atoms with Crippen LogP contribution in [0.5, 0.6) is 5.75 Å². The first-order valence-corrected chi connectivity index (χ1v) is 6.49. The molecule has 2 aromatic rings. The molecule has 0 fully saturated rings. The van der Waals surface area contributed by atoms with Crippen LogP contribution >= 0.6 is 0 Å². The summed E-state index contributed by atoms with van der Waals surface area (Å²) in [6, 6.07) is 17.1. The van der Waals surface area contributed by atoms with Crippen molar-refractivity contribution >= 4 is 5.78 Å². The summed E-state index contributed by atoms with van der Waals surface area (Å²) in [5.74, 6) is 0.976. The molecular weight excluding hydrogens is 236 g/mol. The van der Waals surface area contributed by atoms with E-state index in [2.05, 4.69) is 0 Å². The first kappa shape index (κ1) is 13.3. The van der Waals surface area contributed by atoms with E-state index in [1.807, 2.05) is 68.4 Å². The van der Waals surface area contributed by atoms with E-state index in [0.29, 0.717) is 6.42 Å². The van der Waals surface area contributed by atoms with Crippen LogP contribution in [0.3, 0.4) is 0 Å². The lowest BCUT2D eigenvalue weighted by molar-refractivity contribution is 0.0993. The summed E-state index contributed by atoms with van der Waals surface area (Å²) in [5.41, 5.74) is 1.76. The highest BCUT2D eigenvalue weighted by Crippen LogP contribution is 2.15. The maximum absolute atomic E-state index is 12.0. The fourth-order valence-corrected chi connectivity index (χ4v) is 1.87. The van der Waals surface area contributed by atoms with Crippen molar-refractivity contribution in [3.05, 3.63) is 65.7 Å².